The molecule has 4 aromatic rings. The number of phenols is 1. The van der Waals surface area contributed by atoms with Gasteiger partial charge in [0.25, 0.3) is 0 Å². The number of oxazole rings is 1. The Kier molecular flexibility index (Phi) is 2.27. The lowest BCUT2D eigenvalue weighted by Gasteiger charge is -1.97. The Hall–Kier alpha value is -2.81. The van der Waals surface area contributed by atoms with Crippen LogP contribution >= 0.6 is 0 Å². The summed E-state index contributed by atoms with van der Waals surface area (Å²) in [6.07, 6.45) is 0. The third-order valence-electron chi connectivity index (χ3n) is 3.42. The van der Waals surface area contributed by atoms with Crippen LogP contribution in [-0.2, 0) is 0 Å². The van der Waals surface area contributed by atoms with E-state index in [-0.39, 0.29) is 5.75 Å². The first-order valence-electron chi connectivity index (χ1n) is 6.39. The second-order valence-electron chi connectivity index (χ2n) is 4.67. The number of aromatic nitrogens is 1. The molecule has 0 aliphatic heterocycles. The summed E-state index contributed by atoms with van der Waals surface area (Å²) >= 11 is 0. The second kappa shape index (κ2) is 4.10. The molecule has 0 bridgehead atoms. The van der Waals surface area contributed by atoms with E-state index >= 15 is 0 Å². The van der Waals surface area contributed by atoms with Crippen molar-refractivity contribution in [3.8, 4) is 17.2 Å². The largest absolute Gasteiger partial charge is 0.507 e. The molecule has 4 rings (SSSR count). The molecule has 1 N–H and O–H groups in total. The highest BCUT2D eigenvalue weighted by Gasteiger charge is 2.13. The van der Waals surface area contributed by atoms with Gasteiger partial charge in [0, 0.05) is 5.39 Å². The van der Waals surface area contributed by atoms with Crippen molar-refractivity contribution in [3.63, 3.8) is 0 Å². The van der Waals surface area contributed by atoms with Crippen molar-refractivity contribution in [2.45, 2.75) is 0 Å². The number of fused-ring (bicyclic) bond motifs is 3. The van der Waals surface area contributed by atoms with Crippen LogP contribution in [0.1, 0.15) is 0 Å². The number of hydrogen-bond donors (Lipinski definition) is 1. The molecule has 96 valence electrons. The molecule has 3 nitrogen and oxygen atoms in total. The van der Waals surface area contributed by atoms with Gasteiger partial charge in [0.2, 0.25) is 5.89 Å². The molecule has 0 spiro atoms. The minimum absolute atomic E-state index is 0.170. The Bertz CT molecular complexity index is 924. The highest BCUT2D eigenvalue weighted by Crippen LogP contribution is 2.33. The van der Waals surface area contributed by atoms with Crippen molar-refractivity contribution >= 4 is 21.9 Å². The van der Waals surface area contributed by atoms with Crippen LogP contribution in [0.25, 0.3) is 33.3 Å². The van der Waals surface area contributed by atoms with Gasteiger partial charge in [-0.1, -0.05) is 42.5 Å². The fourth-order valence-electron chi connectivity index (χ4n) is 2.43. The lowest BCUT2D eigenvalue weighted by molar-refractivity contribution is 0.474. The number of rotatable bonds is 1. The smallest absolute Gasteiger partial charge is 0.231 e. The van der Waals surface area contributed by atoms with Gasteiger partial charge in [-0.05, 0) is 23.6 Å². The minimum atomic E-state index is 0.170. The van der Waals surface area contributed by atoms with Gasteiger partial charge in [-0.2, -0.15) is 0 Å². The van der Waals surface area contributed by atoms with E-state index in [2.05, 4.69) is 4.98 Å². The molecule has 0 radical (unpaired) electrons. The SMILES string of the molecule is Oc1ccccc1-c1nc2c(ccc3ccccc32)o1. The van der Waals surface area contributed by atoms with E-state index in [1.807, 2.05) is 42.5 Å². The Balaban J connectivity index is 2.04. The summed E-state index contributed by atoms with van der Waals surface area (Å²) in [4.78, 5) is 4.55. The van der Waals surface area contributed by atoms with E-state index in [1.165, 1.54) is 0 Å². The molecule has 1 aromatic heterocycles. The van der Waals surface area contributed by atoms with Crippen molar-refractivity contribution < 1.29 is 9.52 Å². The molecule has 3 aromatic carbocycles. The standard InChI is InChI=1S/C17H11NO2/c19-14-8-4-3-7-13(14)17-18-16-12-6-2-1-5-11(12)9-10-15(16)20-17/h1-10,19H. The number of phenolic OH excluding ortho intramolecular Hbond substituents is 1. The summed E-state index contributed by atoms with van der Waals surface area (Å²) < 4.78 is 5.77. The van der Waals surface area contributed by atoms with Crippen LogP contribution in [0.15, 0.2) is 65.1 Å². The summed E-state index contributed by atoms with van der Waals surface area (Å²) in [5, 5.41) is 12.1. The maximum atomic E-state index is 9.90. The zero-order chi connectivity index (χ0) is 13.5. The number of hydrogen-bond acceptors (Lipinski definition) is 3. The van der Waals surface area contributed by atoms with Crippen LogP contribution in [0, 0.1) is 0 Å². The second-order valence-corrected chi connectivity index (χ2v) is 4.67. The predicted molar refractivity (Wildman–Crippen MR) is 78.6 cm³/mol. The predicted octanol–water partition coefficient (Wildman–Crippen LogP) is 4.35. The van der Waals surface area contributed by atoms with Gasteiger partial charge in [-0.15, -0.1) is 0 Å². The van der Waals surface area contributed by atoms with Gasteiger partial charge in [-0.3, -0.25) is 0 Å². The Morgan fingerprint density at radius 1 is 0.850 bits per heavy atom. The molecular weight excluding hydrogens is 250 g/mol. The van der Waals surface area contributed by atoms with Gasteiger partial charge in [-0.25, -0.2) is 4.98 Å². The summed E-state index contributed by atoms with van der Waals surface area (Å²) in [5.74, 6) is 0.609. The third kappa shape index (κ3) is 1.57. The first-order valence-corrected chi connectivity index (χ1v) is 6.39. The molecular formula is C17H11NO2. The summed E-state index contributed by atoms with van der Waals surface area (Å²) in [7, 11) is 0. The lowest BCUT2D eigenvalue weighted by Crippen LogP contribution is -1.78. The van der Waals surface area contributed by atoms with Gasteiger partial charge >= 0.3 is 0 Å². The first-order chi connectivity index (χ1) is 9.83. The van der Waals surface area contributed by atoms with Crippen LogP contribution in [0.2, 0.25) is 0 Å². The molecule has 0 aliphatic rings. The van der Waals surface area contributed by atoms with Gasteiger partial charge in [0.15, 0.2) is 5.58 Å². The van der Waals surface area contributed by atoms with E-state index in [0.717, 1.165) is 21.9 Å². The van der Waals surface area contributed by atoms with E-state index in [9.17, 15) is 5.11 Å². The molecule has 0 aliphatic carbocycles. The quantitative estimate of drug-likeness (QED) is 0.554. The minimum Gasteiger partial charge on any atom is -0.507 e. The summed E-state index contributed by atoms with van der Waals surface area (Å²) in [6.45, 7) is 0. The fraction of sp³-hybridized carbons (Fsp3) is 0. The molecule has 0 saturated heterocycles. The molecule has 0 amide bonds. The summed E-state index contributed by atoms with van der Waals surface area (Å²) in [6, 6.07) is 19.0. The highest BCUT2D eigenvalue weighted by molar-refractivity contribution is 6.04. The third-order valence-corrected chi connectivity index (χ3v) is 3.42. The van der Waals surface area contributed by atoms with Gasteiger partial charge in [0.1, 0.15) is 11.3 Å². The summed E-state index contributed by atoms with van der Waals surface area (Å²) in [5.41, 5.74) is 2.15. The molecule has 0 saturated carbocycles. The number of benzene rings is 3. The fourth-order valence-corrected chi connectivity index (χ4v) is 2.43. The van der Waals surface area contributed by atoms with Crippen molar-refractivity contribution in [2.24, 2.45) is 0 Å². The van der Waals surface area contributed by atoms with Gasteiger partial charge < -0.3 is 9.52 Å². The normalized spacial score (nSPS) is 11.2. The maximum Gasteiger partial charge on any atom is 0.231 e. The zero-order valence-corrected chi connectivity index (χ0v) is 10.6. The van der Waals surface area contributed by atoms with E-state index in [4.69, 9.17) is 4.42 Å². The van der Waals surface area contributed by atoms with Crippen LogP contribution in [0.4, 0.5) is 0 Å². The van der Waals surface area contributed by atoms with Crippen molar-refractivity contribution in [1.29, 1.82) is 0 Å². The van der Waals surface area contributed by atoms with Crippen LogP contribution in [0.5, 0.6) is 5.75 Å². The Labute approximate surface area is 115 Å². The van der Waals surface area contributed by atoms with E-state index < -0.39 is 0 Å². The van der Waals surface area contributed by atoms with Gasteiger partial charge in [0.05, 0.1) is 5.56 Å². The lowest BCUT2D eigenvalue weighted by atomic mass is 10.1. The van der Waals surface area contributed by atoms with E-state index in [1.54, 1.807) is 18.2 Å². The molecule has 0 fully saturated rings. The molecule has 20 heavy (non-hydrogen) atoms. The maximum absolute atomic E-state index is 9.90. The molecule has 0 unspecified atom stereocenters. The monoisotopic (exact) mass is 261 g/mol. The van der Waals surface area contributed by atoms with Crippen molar-refractivity contribution in [3.05, 3.63) is 60.7 Å². The topological polar surface area (TPSA) is 46.3 Å². The number of aromatic hydroxyl groups is 1. The van der Waals surface area contributed by atoms with Crippen LogP contribution in [-0.4, -0.2) is 10.1 Å². The first kappa shape index (κ1) is 11.1. The van der Waals surface area contributed by atoms with E-state index in [0.29, 0.717) is 11.5 Å². The molecule has 1 heterocycles. The number of nitrogens with zero attached hydrogens (tertiary/aromatic N) is 1. The average Bonchev–Trinajstić information content (AvgIpc) is 2.92. The number of para-hydroxylation sites is 1. The Morgan fingerprint density at radius 2 is 1.65 bits per heavy atom. The van der Waals surface area contributed by atoms with Crippen LogP contribution in [0.3, 0.4) is 0 Å². The zero-order valence-electron chi connectivity index (χ0n) is 10.6. The Morgan fingerprint density at radius 3 is 2.55 bits per heavy atom. The highest BCUT2D eigenvalue weighted by atomic mass is 16.3. The average molecular weight is 261 g/mol. The van der Waals surface area contributed by atoms with Crippen molar-refractivity contribution in [2.75, 3.05) is 0 Å². The van der Waals surface area contributed by atoms with Crippen LogP contribution < -0.4 is 0 Å². The molecule has 3 heteroatoms. The van der Waals surface area contributed by atoms with Crippen molar-refractivity contribution in [1.82, 2.24) is 4.98 Å². The molecule has 0 atom stereocenters.